The molecule has 17 heavy (non-hydrogen) atoms. The summed E-state index contributed by atoms with van der Waals surface area (Å²) < 4.78 is 4.89. The number of aryl methyl sites for hydroxylation is 2. The summed E-state index contributed by atoms with van der Waals surface area (Å²) in [5.41, 5.74) is 0. The largest absolute Gasteiger partial charge is 0.391 e. The molecule has 6 nitrogen and oxygen atoms in total. The molecule has 96 valence electrons. The molecule has 0 aromatic carbocycles. The third-order valence-electron chi connectivity index (χ3n) is 2.29. The van der Waals surface area contributed by atoms with Crippen molar-refractivity contribution in [3.05, 3.63) is 11.7 Å². The van der Waals surface area contributed by atoms with Crippen molar-refractivity contribution in [2.24, 2.45) is 0 Å². The standard InChI is InChI=1S/C11H19N3O3/c1-3-4-9(15)7-12-10(16)5-6-11-13-8(2)14-17-11/h9,15H,3-7H2,1-2H3,(H,12,16). The summed E-state index contributed by atoms with van der Waals surface area (Å²) in [5, 5.41) is 15.7. The average molecular weight is 241 g/mol. The van der Waals surface area contributed by atoms with E-state index in [4.69, 9.17) is 4.52 Å². The number of aliphatic hydroxyl groups excluding tert-OH is 1. The van der Waals surface area contributed by atoms with Crippen LogP contribution in [0.1, 0.15) is 37.9 Å². The number of rotatable bonds is 7. The minimum atomic E-state index is -0.463. The molecule has 0 saturated carbocycles. The van der Waals surface area contributed by atoms with Gasteiger partial charge in [-0.2, -0.15) is 4.98 Å². The fraction of sp³-hybridized carbons (Fsp3) is 0.727. The van der Waals surface area contributed by atoms with Crippen molar-refractivity contribution < 1.29 is 14.4 Å². The molecule has 0 aliphatic carbocycles. The first-order valence-corrected chi connectivity index (χ1v) is 5.85. The molecule has 1 aromatic heterocycles. The van der Waals surface area contributed by atoms with Gasteiger partial charge in [0.05, 0.1) is 6.10 Å². The van der Waals surface area contributed by atoms with Crippen LogP contribution in [0.3, 0.4) is 0 Å². The number of nitrogens with one attached hydrogen (secondary N) is 1. The van der Waals surface area contributed by atoms with Crippen LogP contribution in [0.5, 0.6) is 0 Å². The van der Waals surface area contributed by atoms with Gasteiger partial charge in [-0.1, -0.05) is 18.5 Å². The predicted molar refractivity (Wildman–Crippen MR) is 61.3 cm³/mol. The van der Waals surface area contributed by atoms with Crippen LogP contribution in [-0.4, -0.2) is 33.8 Å². The van der Waals surface area contributed by atoms with Gasteiger partial charge in [0, 0.05) is 19.4 Å². The minimum Gasteiger partial charge on any atom is -0.391 e. The van der Waals surface area contributed by atoms with Gasteiger partial charge in [0.25, 0.3) is 0 Å². The fourth-order valence-electron chi connectivity index (χ4n) is 1.42. The van der Waals surface area contributed by atoms with E-state index in [0.29, 0.717) is 37.5 Å². The molecular weight excluding hydrogens is 222 g/mol. The Morgan fingerprint density at radius 3 is 2.94 bits per heavy atom. The zero-order chi connectivity index (χ0) is 12.7. The highest BCUT2D eigenvalue weighted by atomic mass is 16.5. The number of carbonyl (C=O) groups excluding carboxylic acids is 1. The summed E-state index contributed by atoms with van der Waals surface area (Å²) in [6.45, 7) is 4.02. The van der Waals surface area contributed by atoms with E-state index >= 15 is 0 Å². The molecule has 1 unspecified atom stereocenters. The Morgan fingerprint density at radius 2 is 2.35 bits per heavy atom. The maximum Gasteiger partial charge on any atom is 0.227 e. The van der Waals surface area contributed by atoms with Crippen molar-refractivity contribution in [2.75, 3.05) is 6.54 Å². The molecule has 2 N–H and O–H groups in total. The van der Waals surface area contributed by atoms with Crippen LogP contribution < -0.4 is 5.32 Å². The van der Waals surface area contributed by atoms with Crippen LogP contribution in [0, 0.1) is 6.92 Å². The summed E-state index contributed by atoms with van der Waals surface area (Å²) in [7, 11) is 0. The van der Waals surface area contributed by atoms with Crippen molar-refractivity contribution in [3.63, 3.8) is 0 Å². The van der Waals surface area contributed by atoms with Crippen molar-refractivity contribution in [1.82, 2.24) is 15.5 Å². The molecular formula is C11H19N3O3. The topological polar surface area (TPSA) is 88.2 Å². The van der Waals surface area contributed by atoms with E-state index in [2.05, 4.69) is 15.5 Å². The van der Waals surface area contributed by atoms with Gasteiger partial charge in [-0.05, 0) is 13.3 Å². The lowest BCUT2D eigenvalue weighted by Crippen LogP contribution is -2.32. The van der Waals surface area contributed by atoms with Crippen LogP contribution in [0.15, 0.2) is 4.52 Å². The highest BCUT2D eigenvalue weighted by molar-refractivity contribution is 5.76. The Labute approximate surface area is 100 Å². The third kappa shape index (κ3) is 5.44. The maximum absolute atomic E-state index is 11.4. The summed E-state index contributed by atoms with van der Waals surface area (Å²) in [4.78, 5) is 15.4. The number of hydrogen-bond donors (Lipinski definition) is 2. The van der Waals surface area contributed by atoms with Crippen LogP contribution in [-0.2, 0) is 11.2 Å². The quantitative estimate of drug-likeness (QED) is 0.729. The van der Waals surface area contributed by atoms with E-state index in [-0.39, 0.29) is 5.91 Å². The van der Waals surface area contributed by atoms with E-state index in [1.165, 1.54) is 0 Å². The Kier molecular flexibility index (Phi) is 5.62. The first kappa shape index (κ1) is 13.6. The number of aromatic nitrogens is 2. The molecule has 1 atom stereocenters. The molecule has 1 aromatic rings. The summed E-state index contributed by atoms with van der Waals surface area (Å²) in [5.74, 6) is 0.918. The average Bonchev–Trinajstić information content (AvgIpc) is 2.70. The zero-order valence-corrected chi connectivity index (χ0v) is 10.3. The lowest BCUT2D eigenvalue weighted by atomic mass is 10.2. The molecule has 0 spiro atoms. The lowest BCUT2D eigenvalue weighted by Gasteiger charge is -2.09. The summed E-state index contributed by atoms with van der Waals surface area (Å²) in [6, 6.07) is 0. The van der Waals surface area contributed by atoms with Crippen LogP contribution >= 0.6 is 0 Å². The van der Waals surface area contributed by atoms with E-state index in [9.17, 15) is 9.90 Å². The molecule has 1 amide bonds. The number of amides is 1. The second-order valence-corrected chi connectivity index (χ2v) is 3.98. The minimum absolute atomic E-state index is 0.115. The van der Waals surface area contributed by atoms with Gasteiger partial charge >= 0.3 is 0 Å². The highest BCUT2D eigenvalue weighted by Gasteiger charge is 2.09. The van der Waals surface area contributed by atoms with Crippen LogP contribution in [0.4, 0.5) is 0 Å². The Balaban J connectivity index is 2.17. The molecule has 0 aliphatic heterocycles. The summed E-state index contributed by atoms with van der Waals surface area (Å²) >= 11 is 0. The molecule has 6 heteroatoms. The van der Waals surface area contributed by atoms with Crippen molar-refractivity contribution in [1.29, 1.82) is 0 Å². The Hall–Kier alpha value is -1.43. The van der Waals surface area contributed by atoms with Crippen LogP contribution in [0.25, 0.3) is 0 Å². The molecule has 1 rings (SSSR count). The Bertz CT molecular complexity index is 351. The monoisotopic (exact) mass is 241 g/mol. The van der Waals surface area contributed by atoms with Gasteiger partial charge in [0.2, 0.25) is 11.8 Å². The van der Waals surface area contributed by atoms with E-state index in [1.54, 1.807) is 6.92 Å². The van der Waals surface area contributed by atoms with Crippen molar-refractivity contribution >= 4 is 5.91 Å². The summed E-state index contributed by atoms with van der Waals surface area (Å²) in [6.07, 6.45) is 1.85. The van der Waals surface area contributed by atoms with Gasteiger partial charge in [0.15, 0.2) is 5.82 Å². The van der Waals surface area contributed by atoms with E-state index < -0.39 is 6.10 Å². The second kappa shape index (κ2) is 7.01. The number of aliphatic hydroxyl groups is 1. The lowest BCUT2D eigenvalue weighted by molar-refractivity contribution is -0.121. The van der Waals surface area contributed by atoms with Gasteiger partial charge in [-0.25, -0.2) is 0 Å². The Morgan fingerprint density at radius 1 is 1.59 bits per heavy atom. The molecule has 1 heterocycles. The number of hydrogen-bond acceptors (Lipinski definition) is 5. The van der Waals surface area contributed by atoms with E-state index in [0.717, 1.165) is 6.42 Å². The van der Waals surface area contributed by atoms with Crippen LogP contribution in [0.2, 0.25) is 0 Å². The molecule has 0 fully saturated rings. The molecule has 0 bridgehead atoms. The number of carbonyl (C=O) groups is 1. The first-order valence-electron chi connectivity index (χ1n) is 5.85. The SMILES string of the molecule is CCCC(O)CNC(=O)CCc1nc(C)no1. The van der Waals surface area contributed by atoms with Gasteiger partial charge in [0.1, 0.15) is 0 Å². The number of nitrogens with zero attached hydrogens (tertiary/aromatic N) is 2. The highest BCUT2D eigenvalue weighted by Crippen LogP contribution is 2.00. The molecule has 0 aliphatic rings. The van der Waals surface area contributed by atoms with E-state index in [1.807, 2.05) is 6.92 Å². The second-order valence-electron chi connectivity index (χ2n) is 3.98. The van der Waals surface area contributed by atoms with Gasteiger partial charge in [-0.15, -0.1) is 0 Å². The first-order chi connectivity index (χ1) is 8.11. The van der Waals surface area contributed by atoms with Crippen molar-refractivity contribution in [2.45, 2.75) is 45.6 Å². The van der Waals surface area contributed by atoms with Crippen molar-refractivity contribution in [3.8, 4) is 0 Å². The normalized spacial score (nSPS) is 12.4. The molecule has 0 radical (unpaired) electrons. The van der Waals surface area contributed by atoms with Gasteiger partial charge in [-0.3, -0.25) is 4.79 Å². The molecule has 0 saturated heterocycles. The zero-order valence-electron chi connectivity index (χ0n) is 10.3. The van der Waals surface area contributed by atoms with Gasteiger partial charge < -0.3 is 14.9 Å². The fourth-order valence-corrected chi connectivity index (χ4v) is 1.42. The third-order valence-corrected chi connectivity index (χ3v) is 2.29. The maximum atomic E-state index is 11.4. The predicted octanol–water partition coefficient (Wildman–Crippen LogP) is 0.588. The smallest absolute Gasteiger partial charge is 0.227 e.